The van der Waals surface area contributed by atoms with E-state index in [1.807, 2.05) is 18.6 Å². The Bertz CT molecular complexity index is 1100. The number of rotatable bonds is 2. The topological polar surface area (TPSA) is 48.4 Å². The van der Waals surface area contributed by atoms with E-state index >= 15 is 0 Å². The molecule has 222 valence electrons. The largest absolute Gasteiger partial charge is 0.354 e. The number of anilines is 1. The Morgan fingerprint density at radius 2 is 1.10 bits per heavy atom. The van der Waals surface area contributed by atoms with E-state index in [1.54, 1.807) is 0 Å². The van der Waals surface area contributed by atoms with Gasteiger partial charge in [0.25, 0.3) is 0 Å². The molecule has 4 rings (SSSR count). The second kappa shape index (κ2) is 12.3. The first-order chi connectivity index (χ1) is 18.4. The summed E-state index contributed by atoms with van der Waals surface area (Å²) in [5, 5.41) is 0. The first-order valence-corrected chi connectivity index (χ1v) is 15.1. The van der Waals surface area contributed by atoms with Gasteiger partial charge in [-0.2, -0.15) is 0 Å². The lowest BCUT2D eigenvalue weighted by atomic mass is 9.88. The van der Waals surface area contributed by atoms with Gasteiger partial charge in [-0.3, -0.25) is 9.80 Å². The second-order valence-electron chi connectivity index (χ2n) is 15.4. The molecule has 2 aromatic rings. The van der Waals surface area contributed by atoms with Crippen molar-refractivity contribution in [2.75, 3.05) is 44.2 Å². The maximum Gasteiger partial charge on any atom is 0.154 e. The summed E-state index contributed by atoms with van der Waals surface area (Å²) in [4.78, 5) is 21.2. The van der Waals surface area contributed by atoms with Crippen molar-refractivity contribution >= 4 is 11.4 Å². The number of nitrogens with zero attached hydrogens (tertiary/aromatic N) is 6. The lowest BCUT2D eigenvalue weighted by molar-refractivity contribution is 0.128. The molecule has 0 aromatic carbocycles. The standard InChI is InChI=1S/C17H27N3.C17H29N3/c1-16(2,3)14-11-18-15(19-12-14)13-7-9-20(10-8-13)17(4,5)6;1-16(2,3)14-7-8-15(18-13-14)19-9-11-20(12-10-19)17(4,5)6/h7,11-12H,8-10H2,1-6H3;7-8,13H,9-12H2,1-6H3. The SMILES string of the molecule is CC(C)(C)c1ccc(N2CCN(C(C)(C)C)CC2)nc1.CC(C)(C)c1cnc(C2=CCN(C(C)(C)C)CC2)nc1. The molecule has 4 heterocycles. The van der Waals surface area contributed by atoms with E-state index in [2.05, 4.69) is 131 Å². The smallest absolute Gasteiger partial charge is 0.154 e. The average molecular weight is 549 g/mol. The lowest BCUT2D eigenvalue weighted by Crippen LogP contribution is -2.53. The molecule has 0 bridgehead atoms. The molecule has 2 aliphatic heterocycles. The molecule has 0 aliphatic carbocycles. The van der Waals surface area contributed by atoms with Crippen LogP contribution in [-0.4, -0.2) is 75.1 Å². The van der Waals surface area contributed by atoms with Crippen molar-refractivity contribution in [3.05, 3.63) is 53.8 Å². The summed E-state index contributed by atoms with van der Waals surface area (Å²) < 4.78 is 0. The third-order valence-electron chi connectivity index (χ3n) is 8.13. The molecule has 1 fully saturated rings. The Morgan fingerprint density at radius 3 is 1.50 bits per heavy atom. The predicted octanol–water partition coefficient (Wildman–Crippen LogP) is 6.96. The fraction of sp³-hybridized carbons (Fsp3) is 0.676. The Hall–Kier alpha value is -2.31. The maximum atomic E-state index is 4.66. The first-order valence-electron chi connectivity index (χ1n) is 15.1. The van der Waals surface area contributed by atoms with Gasteiger partial charge < -0.3 is 4.90 Å². The highest BCUT2D eigenvalue weighted by Gasteiger charge is 2.27. The second-order valence-corrected chi connectivity index (χ2v) is 15.4. The Labute approximate surface area is 245 Å². The molecule has 0 unspecified atom stereocenters. The summed E-state index contributed by atoms with van der Waals surface area (Å²) in [7, 11) is 0. The van der Waals surface area contributed by atoms with Crippen LogP contribution in [0.15, 0.2) is 36.8 Å². The number of hydrogen-bond acceptors (Lipinski definition) is 6. The summed E-state index contributed by atoms with van der Waals surface area (Å²) >= 11 is 0. The highest BCUT2D eigenvalue weighted by atomic mass is 15.3. The molecule has 2 aliphatic rings. The van der Waals surface area contributed by atoms with E-state index in [1.165, 1.54) is 16.7 Å². The molecular formula is C34H56N6. The van der Waals surface area contributed by atoms with E-state index < -0.39 is 0 Å². The van der Waals surface area contributed by atoms with Crippen LogP contribution in [0.4, 0.5) is 5.82 Å². The third kappa shape index (κ3) is 8.84. The van der Waals surface area contributed by atoms with Crippen LogP contribution >= 0.6 is 0 Å². The average Bonchev–Trinajstić information content (AvgIpc) is 2.87. The van der Waals surface area contributed by atoms with Gasteiger partial charge in [0.05, 0.1) is 0 Å². The molecule has 0 atom stereocenters. The Kier molecular flexibility index (Phi) is 9.89. The summed E-state index contributed by atoms with van der Waals surface area (Å²) in [6.45, 7) is 33.4. The van der Waals surface area contributed by atoms with Crippen LogP contribution in [0.1, 0.15) is 106 Å². The van der Waals surface area contributed by atoms with Gasteiger partial charge in [0.1, 0.15) is 5.82 Å². The van der Waals surface area contributed by atoms with Crippen LogP contribution in [0.25, 0.3) is 5.57 Å². The number of hydrogen-bond donors (Lipinski definition) is 0. The molecule has 0 saturated carbocycles. The summed E-state index contributed by atoms with van der Waals surface area (Å²) in [6, 6.07) is 4.39. The zero-order chi connectivity index (χ0) is 29.9. The molecule has 0 amide bonds. The van der Waals surface area contributed by atoms with Gasteiger partial charge in [-0.1, -0.05) is 53.7 Å². The molecule has 0 radical (unpaired) electrons. The van der Waals surface area contributed by atoms with Gasteiger partial charge in [-0.25, -0.2) is 15.0 Å². The minimum Gasteiger partial charge on any atom is -0.354 e. The van der Waals surface area contributed by atoms with Crippen LogP contribution in [0, 0.1) is 0 Å². The van der Waals surface area contributed by atoms with Crippen molar-refractivity contribution in [2.24, 2.45) is 0 Å². The van der Waals surface area contributed by atoms with Crippen molar-refractivity contribution in [1.29, 1.82) is 0 Å². The van der Waals surface area contributed by atoms with Crippen molar-refractivity contribution < 1.29 is 0 Å². The molecule has 0 N–H and O–H groups in total. The van der Waals surface area contributed by atoms with Gasteiger partial charge in [-0.05, 0) is 81.6 Å². The number of pyridine rings is 1. The molecular weight excluding hydrogens is 492 g/mol. The Morgan fingerprint density at radius 1 is 0.575 bits per heavy atom. The van der Waals surface area contributed by atoms with Gasteiger partial charge in [0, 0.05) is 68.9 Å². The van der Waals surface area contributed by atoms with Gasteiger partial charge in [-0.15, -0.1) is 0 Å². The summed E-state index contributed by atoms with van der Waals surface area (Å²) in [6.07, 6.45) is 9.29. The zero-order valence-corrected chi connectivity index (χ0v) is 27.6. The molecule has 6 heteroatoms. The van der Waals surface area contributed by atoms with Gasteiger partial charge in [0.2, 0.25) is 0 Å². The fourth-order valence-corrected chi connectivity index (χ4v) is 4.99. The van der Waals surface area contributed by atoms with E-state index in [0.29, 0.717) is 0 Å². The van der Waals surface area contributed by atoms with E-state index in [-0.39, 0.29) is 21.9 Å². The quantitative estimate of drug-likeness (QED) is 0.404. The third-order valence-corrected chi connectivity index (χ3v) is 8.13. The van der Waals surface area contributed by atoms with E-state index in [9.17, 15) is 0 Å². The van der Waals surface area contributed by atoms with Gasteiger partial charge >= 0.3 is 0 Å². The normalized spacial score (nSPS) is 18.2. The summed E-state index contributed by atoms with van der Waals surface area (Å²) in [5.41, 5.74) is 4.57. The number of aromatic nitrogens is 3. The van der Waals surface area contributed by atoms with Crippen molar-refractivity contribution in [3.8, 4) is 0 Å². The van der Waals surface area contributed by atoms with Crippen molar-refractivity contribution in [2.45, 2.75) is 111 Å². The molecule has 0 spiro atoms. The maximum absolute atomic E-state index is 4.66. The van der Waals surface area contributed by atoms with Crippen LogP contribution in [0.3, 0.4) is 0 Å². The number of piperazine rings is 1. The highest BCUT2D eigenvalue weighted by Crippen LogP contribution is 2.27. The fourth-order valence-electron chi connectivity index (χ4n) is 4.99. The van der Waals surface area contributed by atoms with Crippen molar-refractivity contribution in [1.82, 2.24) is 24.8 Å². The molecule has 40 heavy (non-hydrogen) atoms. The minimum atomic E-state index is 0.114. The van der Waals surface area contributed by atoms with E-state index in [0.717, 1.165) is 57.3 Å². The Balaban J connectivity index is 0.000000220. The highest BCUT2D eigenvalue weighted by molar-refractivity contribution is 5.60. The predicted molar refractivity (Wildman–Crippen MR) is 171 cm³/mol. The molecule has 2 aromatic heterocycles. The zero-order valence-electron chi connectivity index (χ0n) is 27.6. The van der Waals surface area contributed by atoms with Crippen LogP contribution < -0.4 is 4.90 Å². The van der Waals surface area contributed by atoms with Crippen LogP contribution in [0.5, 0.6) is 0 Å². The van der Waals surface area contributed by atoms with Gasteiger partial charge in [0.15, 0.2) is 5.82 Å². The van der Waals surface area contributed by atoms with E-state index in [4.69, 9.17) is 0 Å². The van der Waals surface area contributed by atoms with Crippen LogP contribution in [0.2, 0.25) is 0 Å². The lowest BCUT2D eigenvalue weighted by Gasteiger charge is -2.42. The monoisotopic (exact) mass is 548 g/mol. The molecule has 1 saturated heterocycles. The summed E-state index contributed by atoms with van der Waals surface area (Å²) in [5.74, 6) is 2.01. The van der Waals surface area contributed by atoms with Crippen molar-refractivity contribution in [3.63, 3.8) is 0 Å². The minimum absolute atomic E-state index is 0.114. The first kappa shape index (κ1) is 32.2. The molecule has 6 nitrogen and oxygen atoms in total. The van der Waals surface area contributed by atoms with Crippen LogP contribution in [-0.2, 0) is 10.8 Å².